The Balaban J connectivity index is 1.46. The Hall–Kier alpha value is -3.58. The molecule has 2 atom stereocenters. The second-order valence-electron chi connectivity index (χ2n) is 10.8. The van der Waals surface area contributed by atoms with E-state index in [9.17, 15) is 22.8 Å². The van der Waals surface area contributed by atoms with Gasteiger partial charge in [0.15, 0.2) is 16.1 Å². The van der Waals surface area contributed by atoms with Crippen molar-refractivity contribution in [3.05, 3.63) is 77.2 Å². The fourth-order valence-corrected chi connectivity index (χ4v) is 9.06. The minimum atomic E-state index is -3.94. The van der Waals surface area contributed by atoms with E-state index in [2.05, 4.69) is 10.8 Å². The summed E-state index contributed by atoms with van der Waals surface area (Å²) in [4.78, 5) is 46.5. The number of hydrogen-bond donors (Lipinski definition) is 2. The smallest absolute Gasteiger partial charge is 0.253 e. The molecule has 12 heteroatoms. The van der Waals surface area contributed by atoms with Gasteiger partial charge in [-0.1, -0.05) is 30.3 Å². The van der Waals surface area contributed by atoms with Crippen molar-refractivity contribution >= 4 is 44.6 Å². The SMILES string of the molecule is CC(=O)Nc1cccc(-c2ccc(C3(CC(=O)NOC4CCCCO4)CCN(C(=O)c4ccccc4)CCS3(=O)=O)s2)c1. The molecule has 43 heavy (non-hydrogen) atoms. The van der Waals surface area contributed by atoms with Crippen LogP contribution in [0.5, 0.6) is 0 Å². The van der Waals surface area contributed by atoms with Crippen molar-refractivity contribution in [1.29, 1.82) is 0 Å². The Morgan fingerprint density at radius 2 is 1.86 bits per heavy atom. The van der Waals surface area contributed by atoms with E-state index in [0.717, 1.165) is 23.3 Å². The number of hydrogen-bond acceptors (Lipinski definition) is 8. The molecule has 2 unspecified atom stereocenters. The number of anilines is 1. The van der Waals surface area contributed by atoms with E-state index in [1.54, 1.807) is 41.3 Å². The first-order valence-electron chi connectivity index (χ1n) is 14.3. The molecule has 2 saturated heterocycles. The van der Waals surface area contributed by atoms with Crippen LogP contribution in [-0.4, -0.2) is 62.8 Å². The fourth-order valence-electron chi connectivity index (χ4n) is 5.46. The van der Waals surface area contributed by atoms with E-state index in [1.165, 1.54) is 18.3 Å². The van der Waals surface area contributed by atoms with Crippen LogP contribution >= 0.6 is 11.3 Å². The van der Waals surface area contributed by atoms with Gasteiger partial charge in [-0.2, -0.15) is 0 Å². The number of benzene rings is 2. The molecule has 0 spiro atoms. The number of ether oxygens (including phenoxy) is 1. The third-order valence-electron chi connectivity index (χ3n) is 7.73. The molecule has 5 rings (SSSR count). The molecule has 3 aromatic rings. The van der Waals surface area contributed by atoms with Gasteiger partial charge >= 0.3 is 0 Å². The minimum absolute atomic E-state index is 0.0167. The van der Waals surface area contributed by atoms with Crippen LogP contribution < -0.4 is 10.8 Å². The maximum absolute atomic E-state index is 14.2. The first-order valence-corrected chi connectivity index (χ1v) is 16.7. The summed E-state index contributed by atoms with van der Waals surface area (Å²) in [7, 11) is -3.94. The number of rotatable bonds is 8. The average Bonchev–Trinajstić information content (AvgIpc) is 3.46. The number of carbonyl (C=O) groups excluding carboxylic acids is 3. The summed E-state index contributed by atoms with van der Waals surface area (Å²) in [6.45, 7) is 2.13. The molecule has 3 amide bonds. The normalized spacial score (nSPS) is 21.9. The zero-order chi connectivity index (χ0) is 30.5. The van der Waals surface area contributed by atoms with Gasteiger partial charge in [-0.25, -0.2) is 18.7 Å². The zero-order valence-corrected chi connectivity index (χ0v) is 25.5. The largest absolute Gasteiger partial charge is 0.350 e. The standard InChI is InChI=1S/C31H35N3O7S2/c1-22(35)32-25-11-7-10-24(20-25)26-13-14-27(42-26)31(21-28(36)33-41-29-12-5-6-18-40-29)15-16-34(17-19-43(31,38)39)30(37)23-8-3-2-4-9-23/h2-4,7-11,13-14,20,29H,5-6,12,15-19,21H2,1H3,(H,32,35)(H,33,36). The van der Waals surface area contributed by atoms with E-state index in [1.807, 2.05) is 30.3 Å². The van der Waals surface area contributed by atoms with Crippen molar-refractivity contribution in [3.8, 4) is 10.4 Å². The number of nitrogens with one attached hydrogen (secondary N) is 2. The third kappa shape index (κ3) is 7.15. The Labute approximate surface area is 255 Å². The molecular formula is C31H35N3O7S2. The summed E-state index contributed by atoms with van der Waals surface area (Å²) < 4.78 is 32.3. The second-order valence-corrected chi connectivity index (χ2v) is 14.3. The molecule has 2 aliphatic rings. The molecule has 2 N–H and O–H groups in total. The number of thiophene rings is 1. The maximum Gasteiger partial charge on any atom is 0.253 e. The first kappa shape index (κ1) is 30.9. The highest BCUT2D eigenvalue weighted by atomic mass is 32.2. The number of nitrogens with zero attached hydrogens (tertiary/aromatic N) is 1. The molecule has 2 aromatic carbocycles. The van der Waals surface area contributed by atoms with Gasteiger partial charge in [0.2, 0.25) is 11.8 Å². The number of carbonyl (C=O) groups is 3. The van der Waals surface area contributed by atoms with Crippen LogP contribution in [0.1, 0.15) is 54.3 Å². The minimum Gasteiger partial charge on any atom is -0.350 e. The lowest BCUT2D eigenvalue weighted by Gasteiger charge is -2.31. The molecule has 3 heterocycles. The van der Waals surface area contributed by atoms with Gasteiger partial charge in [0.25, 0.3) is 5.91 Å². The summed E-state index contributed by atoms with van der Waals surface area (Å²) in [5.74, 6) is -1.33. The summed E-state index contributed by atoms with van der Waals surface area (Å²) in [5.41, 5.74) is 4.32. The van der Waals surface area contributed by atoms with Gasteiger partial charge in [-0.05, 0) is 61.2 Å². The van der Waals surface area contributed by atoms with Gasteiger partial charge in [0.1, 0.15) is 4.75 Å². The highest BCUT2D eigenvalue weighted by Gasteiger charge is 2.50. The van der Waals surface area contributed by atoms with Crippen molar-refractivity contribution < 1.29 is 32.4 Å². The summed E-state index contributed by atoms with van der Waals surface area (Å²) in [6.07, 6.45) is 1.54. The molecule has 0 saturated carbocycles. The lowest BCUT2D eigenvalue weighted by Crippen LogP contribution is -2.43. The zero-order valence-electron chi connectivity index (χ0n) is 23.9. The van der Waals surface area contributed by atoms with Gasteiger partial charge in [-0.15, -0.1) is 11.3 Å². The van der Waals surface area contributed by atoms with Gasteiger partial charge < -0.3 is 15.0 Å². The van der Waals surface area contributed by atoms with Gasteiger partial charge in [0.05, 0.1) is 12.2 Å². The van der Waals surface area contributed by atoms with Crippen molar-refractivity contribution in [1.82, 2.24) is 10.4 Å². The summed E-state index contributed by atoms with van der Waals surface area (Å²) >= 11 is 1.28. The highest BCUT2D eigenvalue weighted by Crippen LogP contribution is 2.45. The Morgan fingerprint density at radius 3 is 2.60 bits per heavy atom. The Morgan fingerprint density at radius 1 is 1.05 bits per heavy atom. The van der Waals surface area contributed by atoms with Crippen LogP contribution in [0.2, 0.25) is 0 Å². The maximum atomic E-state index is 14.2. The summed E-state index contributed by atoms with van der Waals surface area (Å²) in [5, 5.41) is 2.77. The van der Waals surface area contributed by atoms with E-state index in [-0.39, 0.29) is 43.5 Å². The molecule has 0 bridgehead atoms. The fraction of sp³-hybridized carbons (Fsp3) is 0.387. The lowest BCUT2D eigenvalue weighted by atomic mass is 9.97. The molecule has 2 aliphatic heterocycles. The van der Waals surface area contributed by atoms with Crippen LogP contribution in [0.25, 0.3) is 10.4 Å². The quantitative estimate of drug-likeness (QED) is 0.353. The Bertz CT molecular complexity index is 1570. The van der Waals surface area contributed by atoms with E-state index in [4.69, 9.17) is 9.57 Å². The number of sulfone groups is 1. The van der Waals surface area contributed by atoms with Crippen LogP contribution in [-0.2, 0) is 33.7 Å². The van der Waals surface area contributed by atoms with Crippen LogP contribution in [0.4, 0.5) is 5.69 Å². The van der Waals surface area contributed by atoms with Crippen molar-refractivity contribution in [2.24, 2.45) is 0 Å². The average molecular weight is 626 g/mol. The lowest BCUT2D eigenvalue weighted by molar-refractivity contribution is -0.200. The number of amides is 3. The first-order chi connectivity index (χ1) is 20.7. The molecule has 0 radical (unpaired) electrons. The van der Waals surface area contributed by atoms with Crippen LogP contribution in [0.15, 0.2) is 66.7 Å². The predicted octanol–water partition coefficient (Wildman–Crippen LogP) is 4.49. The molecule has 0 aliphatic carbocycles. The van der Waals surface area contributed by atoms with Crippen LogP contribution in [0.3, 0.4) is 0 Å². The van der Waals surface area contributed by atoms with E-state index >= 15 is 0 Å². The van der Waals surface area contributed by atoms with Gasteiger partial charge in [-0.3, -0.25) is 14.4 Å². The molecular weight excluding hydrogens is 590 g/mol. The third-order valence-corrected chi connectivity index (χ3v) is 11.7. The van der Waals surface area contributed by atoms with E-state index < -0.39 is 26.8 Å². The molecule has 1 aromatic heterocycles. The van der Waals surface area contributed by atoms with Crippen molar-refractivity contribution in [3.63, 3.8) is 0 Å². The van der Waals surface area contributed by atoms with Crippen LogP contribution in [0, 0.1) is 0 Å². The topological polar surface area (TPSA) is 131 Å². The van der Waals surface area contributed by atoms with E-state index in [0.29, 0.717) is 29.2 Å². The van der Waals surface area contributed by atoms with Crippen molar-refractivity contribution in [2.75, 3.05) is 30.8 Å². The predicted molar refractivity (Wildman–Crippen MR) is 164 cm³/mol. The molecule has 228 valence electrons. The Kier molecular flexibility index (Phi) is 9.60. The monoisotopic (exact) mass is 625 g/mol. The second kappa shape index (κ2) is 13.4. The van der Waals surface area contributed by atoms with Crippen molar-refractivity contribution in [2.45, 2.75) is 50.1 Å². The molecule has 2 fully saturated rings. The summed E-state index contributed by atoms with van der Waals surface area (Å²) in [6, 6.07) is 19.6. The molecule has 10 nitrogen and oxygen atoms in total. The highest BCUT2D eigenvalue weighted by molar-refractivity contribution is 7.92. The van der Waals surface area contributed by atoms with Gasteiger partial charge in [0, 0.05) is 54.0 Å². The number of hydroxylamine groups is 1.